The first kappa shape index (κ1) is 16.7. The summed E-state index contributed by atoms with van der Waals surface area (Å²) in [5.41, 5.74) is -0.676. The van der Waals surface area contributed by atoms with E-state index in [9.17, 15) is 9.59 Å². The number of likely N-dealkylation sites (tertiary alicyclic amines) is 1. The van der Waals surface area contributed by atoms with Gasteiger partial charge in [0, 0.05) is 19.0 Å². The summed E-state index contributed by atoms with van der Waals surface area (Å²) in [6.07, 6.45) is 3.39. The van der Waals surface area contributed by atoms with E-state index >= 15 is 0 Å². The molecule has 5 nitrogen and oxygen atoms in total. The summed E-state index contributed by atoms with van der Waals surface area (Å²) in [6, 6.07) is 3.61. The van der Waals surface area contributed by atoms with Crippen molar-refractivity contribution in [3.8, 4) is 0 Å². The molecule has 2 heterocycles. The molecule has 23 heavy (non-hydrogen) atoms. The predicted octanol–water partition coefficient (Wildman–Crippen LogP) is 2.72. The lowest BCUT2D eigenvalue weighted by atomic mass is 9.94. The highest BCUT2D eigenvalue weighted by Crippen LogP contribution is 2.64. The van der Waals surface area contributed by atoms with Crippen LogP contribution < -0.4 is 5.32 Å². The van der Waals surface area contributed by atoms with Crippen LogP contribution in [0.4, 0.5) is 0 Å². The maximum atomic E-state index is 12.5. The van der Waals surface area contributed by atoms with Gasteiger partial charge in [0.1, 0.15) is 10.1 Å². The van der Waals surface area contributed by atoms with Gasteiger partial charge in [0.05, 0.1) is 18.2 Å². The molecule has 1 aromatic heterocycles. The highest BCUT2D eigenvalue weighted by Gasteiger charge is 2.68. The number of piperidine rings is 1. The molecular formula is C16H20Cl2N2O3. The summed E-state index contributed by atoms with van der Waals surface area (Å²) >= 11 is 12.2. The summed E-state index contributed by atoms with van der Waals surface area (Å²) in [4.78, 5) is 26.5. The number of hydrogen-bond donors (Lipinski definition) is 1. The normalized spacial score (nSPS) is 26.8. The molecule has 0 radical (unpaired) electrons. The van der Waals surface area contributed by atoms with Crippen molar-refractivity contribution in [2.24, 2.45) is 11.3 Å². The number of halogens is 2. The number of alkyl halides is 2. The number of nitrogens with one attached hydrogen (secondary N) is 1. The van der Waals surface area contributed by atoms with E-state index in [0.29, 0.717) is 38.9 Å². The molecule has 1 saturated carbocycles. The van der Waals surface area contributed by atoms with Crippen LogP contribution in [0.2, 0.25) is 0 Å². The standard InChI is InChI=1S/C16H20Cl2N2O3/c1-15(10-16(15,17)18)14(22)20-6-4-11(5-7-20)13(21)19-9-12-3-2-8-23-12/h2-3,8,11H,4-7,9-10H2,1H3,(H,19,21)/t15-/m0/s1. The third kappa shape index (κ3) is 3.22. The zero-order valence-corrected chi connectivity index (χ0v) is 14.5. The van der Waals surface area contributed by atoms with E-state index in [4.69, 9.17) is 27.6 Å². The molecule has 1 aromatic rings. The van der Waals surface area contributed by atoms with Gasteiger partial charge in [-0.1, -0.05) is 0 Å². The van der Waals surface area contributed by atoms with E-state index in [1.165, 1.54) is 0 Å². The fourth-order valence-electron chi connectivity index (χ4n) is 3.06. The Morgan fingerprint density at radius 2 is 2.04 bits per heavy atom. The van der Waals surface area contributed by atoms with Crippen LogP contribution in [0.1, 0.15) is 31.9 Å². The summed E-state index contributed by atoms with van der Waals surface area (Å²) in [7, 11) is 0. The maximum Gasteiger partial charge on any atom is 0.231 e. The van der Waals surface area contributed by atoms with Crippen molar-refractivity contribution in [3.63, 3.8) is 0 Å². The Hall–Kier alpha value is -1.20. The van der Waals surface area contributed by atoms with Gasteiger partial charge in [0.25, 0.3) is 0 Å². The molecule has 0 bridgehead atoms. The van der Waals surface area contributed by atoms with Crippen molar-refractivity contribution < 1.29 is 14.0 Å². The molecule has 7 heteroatoms. The van der Waals surface area contributed by atoms with Gasteiger partial charge in [-0.3, -0.25) is 9.59 Å². The average molecular weight is 359 g/mol. The molecule has 0 spiro atoms. The number of nitrogens with zero attached hydrogens (tertiary/aromatic N) is 1. The molecule has 0 aromatic carbocycles. The van der Waals surface area contributed by atoms with Gasteiger partial charge in [0.2, 0.25) is 11.8 Å². The van der Waals surface area contributed by atoms with Crippen LogP contribution in [-0.4, -0.2) is 34.1 Å². The molecule has 2 aliphatic rings. The van der Waals surface area contributed by atoms with E-state index in [1.54, 1.807) is 24.2 Å². The van der Waals surface area contributed by atoms with Gasteiger partial charge < -0.3 is 14.6 Å². The molecule has 1 aliphatic carbocycles. The lowest BCUT2D eigenvalue weighted by Gasteiger charge is -2.33. The van der Waals surface area contributed by atoms with E-state index < -0.39 is 9.75 Å². The third-order valence-corrected chi connectivity index (χ3v) is 6.00. The number of amides is 2. The molecule has 1 aliphatic heterocycles. The van der Waals surface area contributed by atoms with Crippen LogP contribution in [-0.2, 0) is 16.1 Å². The zero-order chi connectivity index (χ0) is 16.7. The van der Waals surface area contributed by atoms with Crippen LogP contribution >= 0.6 is 23.2 Å². The van der Waals surface area contributed by atoms with E-state index in [2.05, 4.69) is 5.32 Å². The van der Waals surface area contributed by atoms with E-state index in [0.717, 1.165) is 5.76 Å². The van der Waals surface area contributed by atoms with Crippen molar-refractivity contribution in [3.05, 3.63) is 24.2 Å². The Balaban J connectivity index is 1.47. The van der Waals surface area contributed by atoms with Crippen LogP contribution in [0.25, 0.3) is 0 Å². The third-order valence-electron chi connectivity index (χ3n) is 4.90. The first-order valence-electron chi connectivity index (χ1n) is 7.81. The van der Waals surface area contributed by atoms with E-state index in [1.807, 2.05) is 6.07 Å². The SMILES string of the molecule is C[C@@]1(C(=O)N2CCC(C(=O)NCc3ccco3)CC2)CC1(Cl)Cl. The second kappa shape index (κ2) is 6.02. The van der Waals surface area contributed by atoms with Gasteiger partial charge in [0.15, 0.2) is 0 Å². The van der Waals surface area contributed by atoms with Crippen LogP contribution in [0.5, 0.6) is 0 Å². The van der Waals surface area contributed by atoms with Crippen molar-refractivity contribution in [1.29, 1.82) is 0 Å². The summed E-state index contributed by atoms with van der Waals surface area (Å²) in [5.74, 6) is 0.665. The fourth-order valence-corrected chi connectivity index (χ4v) is 3.75. The van der Waals surface area contributed by atoms with Crippen molar-refractivity contribution >= 4 is 35.0 Å². The highest BCUT2D eigenvalue weighted by molar-refractivity contribution is 6.53. The largest absolute Gasteiger partial charge is 0.467 e. The zero-order valence-electron chi connectivity index (χ0n) is 13.0. The Morgan fingerprint density at radius 3 is 2.57 bits per heavy atom. The quantitative estimate of drug-likeness (QED) is 0.841. The van der Waals surface area contributed by atoms with Gasteiger partial charge in [-0.25, -0.2) is 0 Å². The van der Waals surface area contributed by atoms with Crippen LogP contribution in [0.15, 0.2) is 22.8 Å². The molecular weight excluding hydrogens is 339 g/mol. The molecule has 0 unspecified atom stereocenters. The number of carbonyl (C=O) groups is 2. The first-order valence-corrected chi connectivity index (χ1v) is 8.56. The van der Waals surface area contributed by atoms with Crippen LogP contribution in [0, 0.1) is 11.3 Å². The smallest absolute Gasteiger partial charge is 0.231 e. The monoisotopic (exact) mass is 358 g/mol. The van der Waals surface area contributed by atoms with Gasteiger partial charge in [-0.15, -0.1) is 23.2 Å². The van der Waals surface area contributed by atoms with Crippen molar-refractivity contribution in [2.75, 3.05) is 13.1 Å². The van der Waals surface area contributed by atoms with Crippen molar-refractivity contribution in [2.45, 2.75) is 37.1 Å². The molecule has 2 fully saturated rings. The highest BCUT2D eigenvalue weighted by atomic mass is 35.5. The average Bonchev–Trinajstić information content (AvgIpc) is 2.91. The molecule has 3 rings (SSSR count). The Bertz CT molecular complexity index is 594. The van der Waals surface area contributed by atoms with Gasteiger partial charge >= 0.3 is 0 Å². The number of carbonyl (C=O) groups excluding carboxylic acids is 2. The number of rotatable bonds is 4. The second-order valence-corrected chi connectivity index (χ2v) is 8.06. The Morgan fingerprint density at radius 1 is 1.39 bits per heavy atom. The Labute approximate surface area is 145 Å². The molecule has 2 amide bonds. The minimum atomic E-state index is -0.943. The van der Waals surface area contributed by atoms with Crippen molar-refractivity contribution in [1.82, 2.24) is 10.2 Å². The fraction of sp³-hybridized carbons (Fsp3) is 0.625. The lowest BCUT2D eigenvalue weighted by molar-refractivity contribution is -0.140. The molecule has 1 saturated heterocycles. The summed E-state index contributed by atoms with van der Waals surface area (Å²) in [5, 5.41) is 2.88. The topological polar surface area (TPSA) is 62.6 Å². The molecule has 1 atom stereocenters. The second-order valence-electron chi connectivity index (χ2n) is 6.58. The Kier molecular flexibility index (Phi) is 4.36. The van der Waals surface area contributed by atoms with Gasteiger partial charge in [-0.05, 0) is 38.3 Å². The van der Waals surface area contributed by atoms with E-state index in [-0.39, 0.29) is 17.7 Å². The van der Waals surface area contributed by atoms with Gasteiger partial charge in [-0.2, -0.15) is 0 Å². The summed E-state index contributed by atoms with van der Waals surface area (Å²) < 4.78 is 4.25. The first-order chi connectivity index (χ1) is 10.8. The number of hydrogen-bond acceptors (Lipinski definition) is 3. The maximum absolute atomic E-state index is 12.5. The lowest BCUT2D eigenvalue weighted by Crippen LogP contribution is -2.46. The number of furan rings is 1. The molecule has 1 N–H and O–H groups in total. The minimum absolute atomic E-state index is 0.00283. The predicted molar refractivity (Wildman–Crippen MR) is 87.0 cm³/mol. The summed E-state index contributed by atoms with van der Waals surface area (Å²) in [6.45, 7) is 3.33. The minimum Gasteiger partial charge on any atom is -0.467 e. The van der Waals surface area contributed by atoms with Crippen LogP contribution in [0.3, 0.4) is 0 Å². The molecule has 126 valence electrons.